The molecule has 3 N–H and O–H groups in total. The summed E-state index contributed by atoms with van der Waals surface area (Å²) >= 11 is 6.14. The Morgan fingerprint density at radius 3 is 2.63 bits per heavy atom. The molecule has 0 spiro atoms. The number of anilines is 3. The lowest BCUT2D eigenvalue weighted by Crippen LogP contribution is -1.99. The second kappa shape index (κ2) is 4.70. The second-order valence-electron chi connectivity index (χ2n) is 3.96. The van der Waals surface area contributed by atoms with Crippen molar-refractivity contribution in [3.63, 3.8) is 0 Å². The van der Waals surface area contributed by atoms with Crippen molar-refractivity contribution in [1.82, 2.24) is 15.0 Å². The van der Waals surface area contributed by atoms with Gasteiger partial charge in [0.1, 0.15) is 0 Å². The molecule has 0 bridgehead atoms. The zero-order valence-electron chi connectivity index (χ0n) is 9.84. The summed E-state index contributed by atoms with van der Waals surface area (Å²) in [6, 6.07) is 7.42. The van der Waals surface area contributed by atoms with E-state index >= 15 is 0 Å². The number of nitrogens with two attached hydrogens (primary N) is 1. The highest BCUT2D eigenvalue weighted by molar-refractivity contribution is 6.35. The van der Waals surface area contributed by atoms with Crippen LogP contribution in [0.5, 0.6) is 0 Å². The third kappa shape index (κ3) is 2.28. The van der Waals surface area contributed by atoms with Gasteiger partial charge in [0.25, 0.3) is 0 Å². The molecule has 0 aliphatic rings. The Morgan fingerprint density at radius 1 is 1.05 bits per heavy atom. The number of nitrogens with one attached hydrogen (secondary N) is 1. The van der Waals surface area contributed by atoms with E-state index < -0.39 is 0 Å². The molecule has 2 heterocycles. The van der Waals surface area contributed by atoms with Crippen LogP contribution >= 0.6 is 11.6 Å². The molecule has 2 aromatic heterocycles. The SMILES string of the molecule is Nc1cnc(Nc2ccc(Cl)c3cccnc23)nc1. The van der Waals surface area contributed by atoms with E-state index in [1.54, 1.807) is 18.6 Å². The molecule has 0 amide bonds. The molecule has 6 heteroatoms. The first kappa shape index (κ1) is 11.7. The van der Waals surface area contributed by atoms with Gasteiger partial charge in [-0.25, -0.2) is 9.97 Å². The normalized spacial score (nSPS) is 10.6. The van der Waals surface area contributed by atoms with Crippen LogP contribution in [-0.2, 0) is 0 Å². The van der Waals surface area contributed by atoms with E-state index in [0.717, 1.165) is 16.6 Å². The van der Waals surface area contributed by atoms with Gasteiger partial charge >= 0.3 is 0 Å². The van der Waals surface area contributed by atoms with Crippen molar-refractivity contribution in [1.29, 1.82) is 0 Å². The largest absolute Gasteiger partial charge is 0.396 e. The minimum absolute atomic E-state index is 0.462. The van der Waals surface area contributed by atoms with E-state index in [1.165, 1.54) is 0 Å². The van der Waals surface area contributed by atoms with E-state index in [2.05, 4.69) is 20.3 Å². The predicted molar refractivity (Wildman–Crippen MR) is 76.5 cm³/mol. The maximum Gasteiger partial charge on any atom is 0.227 e. The van der Waals surface area contributed by atoms with Crippen LogP contribution < -0.4 is 11.1 Å². The van der Waals surface area contributed by atoms with Crippen molar-refractivity contribution in [3.05, 3.63) is 47.9 Å². The molecule has 0 radical (unpaired) electrons. The van der Waals surface area contributed by atoms with Crippen LogP contribution in [-0.4, -0.2) is 15.0 Å². The summed E-state index contributed by atoms with van der Waals surface area (Å²) in [5, 5.41) is 4.64. The summed E-state index contributed by atoms with van der Waals surface area (Å²) in [6.45, 7) is 0. The number of hydrogen-bond donors (Lipinski definition) is 2. The molecule has 0 aliphatic carbocycles. The number of pyridine rings is 1. The maximum absolute atomic E-state index is 6.14. The molecule has 0 saturated carbocycles. The Balaban J connectivity index is 2.06. The smallest absolute Gasteiger partial charge is 0.227 e. The first-order valence-corrected chi connectivity index (χ1v) is 5.99. The van der Waals surface area contributed by atoms with Crippen molar-refractivity contribution >= 4 is 39.8 Å². The Bertz CT molecular complexity index is 727. The first-order chi connectivity index (χ1) is 9.24. The van der Waals surface area contributed by atoms with Crippen LogP contribution in [0.1, 0.15) is 0 Å². The van der Waals surface area contributed by atoms with Crippen LogP contribution in [0.4, 0.5) is 17.3 Å². The molecule has 5 nitrogen and oxygen atoms in total. The highest BCUT2D eigenvalue weighted by Gasteiger charge is 2.06. The number of rotatable bonds is 2. The fraction of sp³-hybridized carbons (Fsp3) is 0. The predicted octanol–water partition coefficient (Wildman–Crippen LogP) is 3.00. The monoisotopic (exact) mass is 271 g/mol. The average Bonchev–Trinajstić information content (AvgIpc) is 2.45. The number of benzene rings is 1. The molecule has 94 valence electrons. The van der Waals surface area contributed by atoms with Gasteiger partial charge in [-0.05, 0) is 24.3 Å². The summed E-state index contributed by atoms with van der Waals surface area (Å²) in [7, 11) is 0. The standard InChI is InChI=1S/C13H10ClN5/c14-10-3-4-11(12-9(10)2-1-5-16-12)19-13-17-6-8(15)7-18-13/h1-7H,15H2,(H,17,18,19). The fourth-order valence-electron chi connectivity index (χ4n) is 1.76. The summed E-state index contributed by atoms with van der Waals surface area (Å²) in [5.74, 6) is 0.462. The minimum Gasteiger partial charge on any atom is -0.396 e. The van der Waals surface area contributed by atoms with Crippen LogP contribution in [0.2, 0.25) is 5.02 Å². The molecule has 1 aromatic carbocycles. The van der Waals surface area contributed by atoms with Crippen molar-refractivity contribution < 1.29 is 0 Å². The number of fused-ring (bicyclic) bond motifs is 1. The Labute approximate surface area is 114 Å². The lowest BCUT2D eigenvalue weighted by molar-refractivity contribution is 1.17. The van der Waals surface area contributed by atoms with Gasteiger partial charge in [-0.15, -0.1) is 0 Å². The van der Waals surface area contributed by atoms with Crippen molar-refractivity contribution in [2.45, 2.75) is 0 Å². The minimum atomic E-state index is 0.462. The van der Waals surface area contributed by atoms with E-state index in [0.29, 0.717) is 16.7 Å². The van der Waals surface area contributed by atoms with E-state index in [4.69, 9.17) is 17.3 Å². The highest BCUT2D eigenvalue weighted by Crippen LogP contribution is 2.29. The molecule has 0 atom stereocenters. The molecular weight excluding hydrogens is 262 g/mol. The van der Waals surface area contributed by atoms with Crippen LogP contribution in [0.15, 0.2) is 42.9 Å². The van der Waals surface area contributed by atoms with Gasteiger partial charge in [-0.1, -0.05) is 11.6 Å². The summed E-state index contributed by atoms with van der Waals surface area (Å²) < 4.78 is 0. The quantitative estimate of drug-likeness (QED) is 0.749. The van der Waals surface area contributed by atoms with Gasteiger partial charge in [0.15, 0.2) is 0 Å². The molecule has 0 saturated heterocycles. The van der Waals surface area contributed by atoms with Crippen LogP contribution in [0, 0.1) is 0 Å². The molecule has 0 fully saturated rings. The van der Waals surface area contributed by atoms with Gasteiger partial charge in [-0.2, -0.15) is 0 Å². The van der Waals surface area contributed by atoms with Gasteiger partial charge < -0.3 is 11.1 Å². The molecule has 3 rings (SSSR count). The molecule has 19 heavy (non-hydrogen) atoms. The maximum atomic E-state index is 6.14. The summed E-state index contributed by atoms with van der Waals surface area (Å²) in [6.07, 6.45) is 4.80. The number of nitrogen functional groups attached to an aromatic ring is 1. The van der Waals surface area contributed by atoms with Crippen molar-refractivity contribution in [2.75, 3.05) is 11.1 Å². The molecule has 3 aromatic rings. The highest BCUT2D eigenvalue weighted by atomic mass is 35.5. The Morgan fingerprint density at radius 2 is 1.84 bits per heavy atom. The lowest BCUT2D eigenvalue weighted by Gasteiger charge is -2.08. The van der Waals surface area contributed by atoms with Crippen LogP contribution in [0.25, 0.3) is 10.9 Å². The Kier molecular flexibility index (Phi) is 2.89. The van der Waals surface area contributed by atoms with E-state index in [1.807, 2.05) is 24.3 Å². The van der Waals surface area contributed by atoms with Gasteiger partial charge in [0.05, 0.1) is 34.3 Å². The second-order valence-corrected chi connectivity index (χ2v) is 4.37. The van der Waals surface area contributed by atoms with Gasteiger partial charge in [0, 0.05) is 11.6 Å². The zero-order chi connectivity index (χ0) is 13.2. The third-order valence-electron chi connectivity index (χ3n) is 2.63. The van der Waals surface area contributed by atoms with Crippen molar-refractivity contribution in [3.8, 4) is 0 Å². The summed E-state index contributed by atoms with van der Waals surface area (Å²) in [4.78, 5) is 12.5. The first-order valence-electron chi connectivity index (χ1n) is 5.62. The average molecular weight is 272 g/mol. The van der Waals surface area contributed by atoms with Gasteiger partial charge in [0.2, 0.25) is 5.95 Å². The topological polar surface area (TPSA) is 76.7 Å². The fourth-order valence-corrected chi connectivity index (χ4v) is 1.98. The van der Waals surface area contributed by atoms with Gasteiger partial charge in [-0.3, -0.25) is 4.98 Å². The van der Waals surface area contributed by atoms with E-state index in [-0.39, 0.29) is 0 Å². The number of nitrogens with zero attached hydrogens (tertiary/aromatic N) is 3. The molecule has 0 unspecified atom stereocenters. The molecular formula is C13H10ClN5. The van der Waals surface area contributed by atoms with Crippen molar-refractivity contribution in [2.24, 2.45) is 0 Å². The number of hydrogen-bond acceptors (Lipinski definition) is 5. The lowest BCUT2D eigenvalue weighted by atomic mass is 10.2. The molecule has 0 aliphatic heterocycles. The number of halogens is 1. The summed E-state index contributed by atoms with van der Waals surface area (Å²) in [5.41, 5.74) is 7.64. The van der Waals surface area contributed by atoms with E-state index in [9.17, 15) is 0 Å². The third-order valence-corrected chi connectivity index (χ3v) is 2.96. The van der Waals surface area contributed by atoms with Crippen LogP contribution in [0.3, 0.4) is 0 Å². The zero-order valence-corrected chi connectivity index (χ0v) is 10.6. The Hall–Kier alpha value is -2.40. The number of aromatic nitrogens is 3.